The highest BCUT2D eigenvalue weighted by atomic mass is 16.5. The molecule has 0 bridgehead atoms. The monoisotopic (exact) mass is 522 g/mol. The van der Waals surface area contributed by atoms with Crippen molar-refractivity contribution in [2.75, 3.05) is 20.3 Å². The predicted molar refractivity (Wildman–Crippen MR) is 147 cm³/mol. The molecule has 1 unspecified atom stereocenters. The second-order valence-electron chi connectivity index (χ2n) is 10.0. The number of ether oxygens (including phenoxy) is 1. The van der Waals surface area contributed by atoms with Crippen molar-refractivity contribution >= 4 is 28.6 Å². The van der Waals surface area contributed by atoms with Crippen molar-refractivity contribution in [2.24, 2.45) is 0 Å². The minimum atomic E-state index is -0.806. The van der Waals surface area contributed by atoms with Gasteiger partial charge in [0, 0.05) is 48.7 Å². The van der Waals surface area contributed by atoms with E-state index < -0.39 is 18.1 Å². The van der Waals surface area contributed by atoms with E-state index in [1.165, 1.54) is 0 Å². The lowest BCUT2D eigenvalue weighted by atomic mass is 9.89. The fourth-order valence-electron chi connectivity index (χ4n) is 5.86. The first-order valence-corrected chi connectivity index (χ1v) is 13.2. The summed E-state index contributed by atoms with van der Waals surface area (Å²) >= 11 is 0. The molecule has 3 amide bonds. The fourth-order valence-corrected chi connectivity index (χ4v) is 5.86. The summed E-state index contributed by atoms with van der Waals surface area (Å²) in [4.78, 5) is 46.1. The van der Waals surface area contributed by atoms with Crippen molar-refractivity contribution in [3.05, 3.63) is 107 Å². The van der Waals surface area contributed by atoms with Crippen LogP contribution in [0, 0.1) is 0 Å². The number of carbonyl (C=O) groups excluding carboxylic acids is 3. The second-order valence-corrected chi connectivity index (χ2v) is 10.0. The number of aromatic nitrogens is 1. The van der Waals surface area contributed by atoms with Crippen LogP contribution in [-0.4, -0.2) is 60.0 Å². The fraction of sp³-hybridized carbons (Fsp3) is 0.258. The number of methoxy groups -OCH3 is 1. The lowest BCUT2D eigenvalue weighted by molar-refractivity contribution is -0.132. The van der Waals surface area contributed by atoms with Gasteiger partial charge in [0.25, 0.3) is 5.91 Å². The van der Waals surface area contributed by atoms with E-state index in [1.807, 2.05) is 78.9 Å². The number of hydrogen-bond donors (Lipinski definition) is 3. The maximum Gasteiger partial charge on any atom is 0.255 e. The number of carbonyl (C=O) groups is 3. The van der Waals surface area contributed by atoms with Crippen molar-refractivity contribution in [3.8, 4) is 0 Å². The van der Waals surface area contributed by atoms with Crippen LogP contribution in [0.3, 0.4) is 0 Å². The number of benzene rings is 3. The Balaban J connectivity index is 1.35. The molecule has 0 radical (unpaired) electrons. The first-order chi connectivity index (χ1) is 19.1. The molecule has 0 saturated heterocycles. The highest BCUT2D eigenvalue weighted by Crippen LogP contribution is 2.46. The molecule has 0 aliphatic carbocycles. The highest BCUT2D eigenvalue weighted by molar-refractivity contribution is 6.04. The molecular formula is C31H30N4O4. The average molecular weight is 523 g/mol. The molecular weight excluding hydrogens is 492 g/mol. The molecule has 2 aliphatic heterocycles. The largest absolute Gasteiger partial charge is 0.383 e. The Kier molecular flexibility index (Phi) is 6.62. The zero-order valence-electron chi connectivity index (χ0n) is 21.6. The van der Waals surface area contributed by atoms with Gasteiger partial charge in [0.15, 0.2) is 0 Å². The van der Waals surface area contributed by atoms with Crippen molar-refractivity contribution < 1.29 is 19.1 Å². The Hall–Kier alpha value is -4.43. The van der Waals surface area contributed by atoms with Crippen molar-refractivity contribution in [3.63, 3.8) is 0 Å². The van der Waals surface area contributed by atoms with Gasteiger partial charge in [-0.3, -0.25) is 14.4 Å². The summed E-state index contributed by atoms with van der Waals surface area (Å²) in [6, 6.07) is 23.1. The minimum absolute atomic E-state index is 0.177. The summed E-state index contributed by atoms with van der Waals surface area (Å²) in [5.74, 6) is -0.815. The number of rotatable bonds is 8. The standard InChI is InChI=1S/C31H30N4O4/c1-39-16-15-32-29(36)25(17-19-9-3-2-4-10-19)34-30(37)26-18-23-20-11-7-8-14-24(20)33-27(23)28-21-12-5-6-13-22(21)31(38)35(26)28/h2-14,25-26,28,33H,15-18H2,1H3,(H,32,36)(H,34,37)/t25-,26-,28?/m0/s1. The summed E-state index contributed by atoms with van der Waals surface area (Å²) in [7, 11) is 1.57. The molecule has 3 heterocycles. The van der Waals surface area contributed by atoms with E-state index in [9.17, 15) is 14.4 Å². The Morgan fingerprint density at radius 2 is 1.77 bits per heavy atom. The third kappa shape index (κ3) is 4.46. The van der Waals surface area contributed by atoms with E-state index in [1.54, 1.807) is 12.0 Å². The van der Waals surface area contributed by atoms with Crippen LogP contribution in [0.5, 0.6) is 0 Å². The van der Waals surface area contributed by atoms with E-state index in [4.69, 9.17) is 4.74 Å². The summed E-state index contributed by atoms with van der Waals surface area (Å²) in [6.45, 7) is 0.701. The lowest BCUT2D eigenvalue weighted by Gasteiger charge is -2.37. The van der Waals surface area contributed by atoms with E-state index in [0.717, 1.165) is 33.3 Å². The van der Waals surface area contributed by atoms with Crippen LogP contribution in [0.4, 0.5) is 0 Å². The third-order valence-electron chi connectivity index (χ3n) is 7.68. The second kappa shape index (κ2) is 10.4. The molecule has 4 aromatic rings. The molecule has 0 saturated carbocycles. The number of H-pyrrole nitrogens is 1. The van der Waals surface area contributed by atoms with Crippen molar-refractivity contribution in [1.29, 1.82) is 0 Å². The number of fused-ring (bicyclic) bond motifs is 7. The number of nitrogens with zero attached hydrogens (tertiary/aromatic N) is 1. The Bertz CT molecular complexity index is 1550. The van der Waals surface area contributed by atoms with Crippen LogP contribution in [0.1, 0.15) is 38.8 Å². The normalized spacial score (nSPS) is 18.3. The number of amides is 3. The SMILES string of the molecule is COCCNC(=O)[C@H](Cc1ccccc1)NC(=O)[C@@H]1Cc2c([nH]c3ccccc23)C2c3ccccc3C(=O)N21. The van der Waals surface area contributed by atoms with Gasteiger partial charge in [0.2, 0.25) is 11.8 Å². The van der Waals surface area contributed by atoms with Gasteiger partial charge in [-0.05, 0) is 28.8 Å². The molecule has 0 fully saturated rings. The van der Waals surface area contributed by atoms with Gasteiger partial charge in [-0.25, -0.2) is 0 Å². The number of para-hydroxylation sites is 1. The summed E-state index contributed by atoms with van der Waals surface area (Å²) in [6.07, 6.45) is 0.679. The smallest absolute Gasteiger partial charge is 0.255 e. The van der Waals surface area contributed by atoms with Crippen LogP contribution >= 0.6 is 0 Å². The number of aromatic amines is 1. The summed E-state index contributed by atoms with van der Waals surface area (Å²) in [5, 5.41) is 6.89. The average Bonchev–Trinajstić information content (AvgIpc) is 3.48. The molecule has 3 N–H and O–H groups in total. The first kappa shape index (κ1) is 24.9. The van der Waals surface area contributed by atoms with Gasteiger partial charge in [-0.2, -0.15) is 0 Å². The van der Waals surface area contributed by atoms with Crippen LogP contribution in [0.2, 0.25) is 0 Å². The molecule has 3 aromatic carbocycles. The summed E-state index contributed by atoms with van der Waals surface area (Å²) < 4.78 is 5.07. The van der Waals surface area contributed by atoms with E-state index in [-0.39, 0.29) is 17.7 Å². The molecule has 198 valence electrons. The zero-order valence-corrected chi connectivity index (χ0v) is 21.6. The molecule has 8 nitrogen and oxygen atoms in total. The molecule has 1 aromatic heterocycles. The summed E-state index contributed by atoms with van der Waals surface area (Å²) in [5.41, 5.74) is 5.35. The molecule has 0 spiro atoms. The Labute approximate surface area is 226 Å². The molecule has 6 rings (SSSR count). The topological polar surface area (TPSA) is 104 Å². The quantitative estimate of drug-likeness (QED) is 0.310. The van der Waals surface area contributed by atoms with Crippen LogP contribution in [0.25, 0.3) is 10.9 Å². The highest BCUT2D eigenvalue weighted by Gasteiger charge is 2.49. The van der Waals surface area contributed by atoms with E-state index in [2.05, 4.69) is 15.6 Å². The number of hydrogen-bond acceptors (Lipinski definition) is 4. The van der Waals surface area contributed by atoms with Gasteiger partial charge in [-0.15, -0.1) is 0 Å². The third-order valence-corrected chi connectivity index (χ3v) is 7.68. The Morgan fingerprint density at radius 3 is 2.59 bits per heavy atom. The minimum Gasteiger partial charge on any atom is -0.383 e. The van der Waals surface area contributed by atoms with Gasteiger partial charge < -0.3 is 25.3 Å². The molecule has 8 heteroatoms. The van der Waals surface area contributed by atoms with Gasteiger partial charge >= 0.3 is 0 Å². The molecule has 3 atom stereocenters. The Morgan fingerprint density at radius 1 is 1.03 bits per heavy atom. The van der Waals surface area contributed by atoms with Crippen LogP contribution in [-0.2, 0) is 27.2 Å². The van der Waals surface area contributed by atoms with Gasteiger partial charge in [0.1, 0.15) is 12.1 Å². The van der Waals surface area contributed by atoms with E-state index in [0.29, 0.717) is 31.6 Å². The predicted octanol–water partition coefficient (Wildman–Crippen LogP) is 3.13. The molecule has 39 heavy (non-hydrogen) atoms. The van der Waals surface area contributed by atoms with Crippen molar-refractivity contribution in [1.82, 2.24) is 20.5 Å². The zero-order chi connectivity index (χ0) is 26.9. The molecule has 2 aliphatic rings. The van der Waals surface area contributed by atoms with Gasteiger partial charge in [0.05, 0.1) is 12.6 Å². The van der Waals surface area contributed by atoms with Crippen LogP contribution < -0.4 is 10.6 Å². The number of nitrogens with one attached hydrogen (secondary N) is 3. The lowest BCUT2D eigenvalue weighted by Crippen LogP contribution is -2.57. The van der Waals surface area contributed by atoms with Crippen LogP contribution in [0.15, 0.2) is 78.9 Å². The maximum atomic E-state index is 14.0. The first-order valence-electron chi connectivity index (χ1n) is 13.2. The maximum absolute atomic E-state index is 14.0. The van der Waals surface area contributed by atoms with E-state index >= 15 is 0 Å². The van der Waals surface area contributed by atoms with Gasteiger partial charge in [-0.1, -0.05) is 66.7 Å². The van der Waals surface area contributed by atoms with Crippen molar-refractivity contribution in [2.45, 2.75) is 31.0 Å².